The summed E-state index contributed by atoms with van der Waals surface area (Å²) in [6.45, 7) is 1.56. The predicted molar refractivity (Wildman–Crippen MR) is 85.7 cm³/mol. The van der Waals surface area contributed by atoms with Gasteiger partial charge in [0.25, 0.3) is 0 Å². The number of nitrogens with two attached hydrogens (primary N) is 1. The molecule has 2 rings (SSSR count). The van der Waals surface area contributed by atoms with Crippen LogP contribution in [0.4, 0.5) is 0 Å². The molecule has 2 aromatic rings. The summed E-state index contributed by atoms with van der Waals surface area (Å²) < 4.78 is 27.6. The molecule has 0 aliphatic rings. The first-order valence-corrected chi connectivity index (χ1v) is 8.43. The van der Waals surface area contributed by atoms with Crippen LogP contribution in [0.2, 0.25) is 0 Å². The summed E-state index contributed by atoms with van der Waals surface area (Å²) in [6.07, 6.45) is 0. The Labute approximate surface area is 130 Å². The monoisotopic (exact) mass is 320 g/mol. The highest BCUT2D eigenvalue weighted by Gasteiger charge is 2.25. The van der Waals surface area contributed by atoms with Crippen LogP contribution >= 0.6 is 0 Å². The third-order valence-corrected chi connectivity index (χ3v) is 4.87. The van der Waals surface area contributed by atoms with E-state index in [4.69, 9.17) is 5.73 Å². The van der Waals surface area contributed by atoms with Gasteiger partial charge in [-0.3, -0.25) is 0 Å². The molecule has 0 aliphatic heterocycles. The minimum absolute atomic E-state index is 0.171. The zero-order valence-corrected chi connectivity index (χ0v) is 13.1. The summed E-state index contributed by atoms with van der Waals surface area (Å²) >= 11 is 0. The zero-order valence-electron chi connectivity index (χ0n) is 12.3. The van der Waals surface area contributed by atoms with E-state index in [1.54, 1.807) is 48.5 Å². The van der Waals surface area contributed by atoms with E-state index in [1.165, 1.54) is 0 Å². The van der Waals surface area contributed by atoms with Gasteiger partial charge >= 0.3 is 0 Å². The molecule has 0 amide bonds. The Morgan fingerprint density at radius 2 is 1.68 bits per heavy atom. The molecule has 4 N–H and O–H groups in total. The summed E-state index contributed by atoms with van der Waals surface area (Å²) in [4.78, 5) is 0.171. The van der Waals surface area contributed by atoms with Crippen molar-refractivity contribution in [2.45, 2.75) is 23.9 Å². The molecule has 0 unspecified atom stereocenters. The van der Waals surface area contributed by atoms with Crippen LogP contribution in [0.25, 0.3) is 0 Å². The molecule has 22 heavy (non-hydrogen) atoms. The summed E-state index contributed by atoms with van der Waals surface area (Å²) in [5.74, 6) is 0. The van der Waals surface area contributed by atoms with Crippen LogP contribution in [-0.2, 0) is 10.0 Å². The minimum atomic E-state index is -3.72. The van der Waals surface area contributed by atoms with Gasteiger partial charge in [-0.25, -0.2) is 13.1 Å². The molecule has 0 bridgehead atoms. The Morgan fingerprint density at radius 3 is 2.23 bits per heavy atom. The first-order chi connectivity index (χ1) is 10.4. The van der Waals surface area contributed by atoms with Crippen molar-refractivity contribution in [3.05, 3.63) is 65.7 Å². The maximum absolute atomic E-state index is 12.5. The standard InChI is InChI=1S/C16H20N2O3S/c1-12-7-9-14(10-8-12)22(20,21)18-16(15(17)11-19)13-5-3-2-4-6-13/h2-10,15-16,18-19H,11,17H2,1H3/t15-,16-/m1/s1. The van der Waals surface area contributed by atoms with E-state index < -0.39 is 22.1 Å². The summed E-state index contributed by atoms with van der Waals surface area (Å²) in [6, 6.07) is 14.1. The lowest BCUT2D eigenvalue weighted by Crippen LogP contribution is -2.42. The molecule has 0 heterocycles. The lowest BCUT2D eigenvalue weighted by Gasteiger charge is -2.24. The molecule has 6 heteroatoms. The van der Waals surface area contributed by atoms with Crippen LogP contribution < -0.4 is 10.5 Å². The maximum Gasteiger partial charge on any atom is 0.241 e. The second-order valence-corrected chi connectivity index (χ2v) is 6.88. The van der Waals surface area contributed by atoms with Crippen molar-refractivity contribution in [1.82, 2.24) is 4.72 Å². The molecule has 5 nitrogen and oxygen atoms in total. The van der Waals surface area contributed by atoms with Gasteiger partial charge in [0.15, 0.2) is 0 Å². The van der Waals surface area contributed by atoms with Crippen LogP contribution in [-0.4, -0.2) is 26.2 Å². The molecule has 0 fully saturated rings. The lowest BCUT2D eigenvalue weighted by atomic mass is 10.0. The Balaban J connectivity index is 2.32. The first-order valence-electron chi connectivity index (χ1n) is 6.94. The normalized spacial score (nSPS) is 14.5. The molecule has 0 aliphatic carbocycles. The third kappa shape index (κ3) is 3.92. The van der Waals surface area contributed by atoms with E-state index >= 15 is 0 Å². The summed E-state index contributed by atoms with van der Waals surface area (Å²) in [7, 11) is -3.72. The molecule has 2 atom stereocenters. The van der Waals surface area contributed by atoms with E-state index in [1.807, 2.05) is 13.0 Å². The number of aryl methyl sites for hydroxylation is 1. The van der Waals surface area contributed by atoms with Gasteiger partial charge in [0.1, 0.15) is 0 Å². The van der Waals surface area contributed by atoms with Crippen LogP contribution in [0.15, 0.2) is 59.5 Å². The quantitative estimate of drug-likeness (QED) is 0.749. The second-order valence-electron chi connectivity index (χ2n) is 5.17. The lowest BCUT2D eigenvalue weighted by molar-refractivity contribution is 0.245. The molecule has 2 aromatic carbocycles. The topological polar surface area (TPSA) is 92.4 Å². The number of aliphatic hydroxyl groups is 1. The van der Waals surface area contributed by atoms with Crippen LogP contribution in [0.5, 0.6) is 0 Å². The van der Waals surface area contributed by atoms with E-state index in [9.17, 15) is 13.5 Å². The van der Waals surface area contributed by atoms with E-state index in [0.717, 1.165) is 5.56 Å². The Morgan fingerprint density at radius 1 is 1.09 bits per heavy atom. The average molecular weight is 320 g/mol. The first kappa shape index (κ1) is 16.6. The fraction of sp³-hybridized carbons (Fsp3) is 0.250. The van der Waals surface area contributed by atoms with Crippen LogP contribution in [0, 0.1) is 6.92 Å². The van der Waals surface area contributed by atoms with E-state index in [2.05, 4.69) is 4.72 Å². The molecular weight excluding hydrogens is 300 g/mol. The number of rotatable bonds is 6. The number of benzene rings is 2. The smallest absolute Gasteiger partial charge is 0.241 e. The number of hydrogen-bond acceptors (Lipinski definition) is 4. The van der Waals surface area contributed by atoms with Crippen molar-refractivity contribution in [3.8, 4) is 0 Å². The van der Waals surface area contributed by atoms with Crippen molar-refractivity contribution >= 4 is 10.0 Å². The average Bonchev–Trinajstić information content (AvgIpc) is 2.53. The zero-order chi connectivity index (χ0) is 16.2. The molecule has 118 valence electrons. The molecule has 0 radical (unpaired) electrons. The van der Waals surface area contributed by atoms with Gasteiger partial charge in [0, 0.05) is 6.04 Å². The Kier molecular flexibility index (Phi) is 5.31. The van der Waals surface area contributed by atoms with Crippen LogP contribution in [0.1, 0.15) is 17.2 Å². The summed E-state index contributed by atoms with van der Waals surface area (Å²) in [5.41, 5.74) is 7.57. The van der Waals surface area contributed by atoms with Gasteiger partial charge in [-0.2, -0.15) is 0 Å². The molecule has 0 saturated carbocycles. The molecule has 0 aromatic heterocycles. The number of aliphatic hydroxyl groups excluding tert-OH is 1. The largest absolute Gasteiger partial charge is 0.395 e. The van der Waals surface area contributed by atoms with Crippen molar-refractivity contribution in [2.75, 3.05) is 6.61 Å². The van der Waals surface area contributed by atoms with Gasteiger partial charge in [0.2, 0.25) is 10.0 Å². The molecule has 0 saturated heterocycles. The van der Waals surface area contributed by atoms with Gasteiger partial charge in [-0.05, 0) is 24.6 Å². The Hall–Kier alpha value is -1.73. The number of hydrogen-bond donors (Lipinski definition) is 3. The van der Waals surface area contributed by atoms with Gasteiger partial charge in [-0.15, -0.1) is 0 Å². The highest BCUT2D eigenvalue weighted by Crippen LogP contribution is 2.20. The van der Waals surface area contributed by atoms with Crippen LogP contribution in [0.3, 0.4) is 0 Å². The highest BCUT2D eigenvalue weighted by molar-refractivity contribution is 7.89. The van der Waals surface area contributed by atoms with Crippen molar-refractivity contribution in [1.29, 1.82) is 0 Å². The second kappa shape index (κ2) is 7.02. The third-order valence-electron chi connectivity index (χ3n) is 3.41. The van der Waals surface area contributed by atoms with Gasteiger partial charge < -0.3 is 10.8 Å². The van der Waals surface area contributed by atoms with E-state index in [-0.39, 0.29) is 11.5 Å². The molecular formula is C16H20N2O3S. The Bertz CT molecular complexity index is 700. The van der Waals surface area contributed by atoms with Crippen molar-refractivity contribution in [2.24, 2.45) is 5.73 Å². The maximum atomic E-state index is 12.5. The van der Waals surface area contributed by atoms with Crippen molar-refractivity contribution in [3.63, 3.8) is 0 Å². The SMILES string of the molecule is Cc1ccc(S(=O)(=O)N[C@H](c2ccccc2)[C@H](N)CO)cc1. The highest BCUT2D eigenvalue weighted by atomic mass is 32.2. The molecule has 0 spiro atoms. The van der Waals surface area contributed by atoms with E-state index in [0.29, 0.717) is 5.56 Å². The fourth-order valence-corrected chi connectivity index (χ4v) is 3.40. The minimum Gasteiger partial charge on any atom is -0.395 e. The number of nitrogens with one attached hydrogen (secondary N) is 1. The number of sulfonamides is 1. The van der Waals surface area contributed by atoms with Crippen molar-refractivity contribution < 1.29 is 13.5 Å². The summed E-state index contributed by atoms with van der Waals surface area (Å²) in [5, 5.41) is 9.31. The predicted octanol–water partition coefficient (Wildman–Crippen LogP) is 1.33. The fourth-order valence-electron chi connectivity index (χ4n) is 2.12. The van der Waals surface area contributed by atoms with Gasteiger partial charge in [0.05, 0.1) is 17.5 Å². The van der Waals surface area contributed by atoms with Gasteiger partial charge in [-0.1, -0.05) is 48.0 Å².